The van der Waals surface area contributed by atoms with Gasteiger partial charge in [-0.2, -0.15) is 4.98 Å². The van der Waals surface area contributed by atoms with Crippen LogP contribution in [0.1, 0.15) is 70.7 Å². The van der Waals surface area contributed by atoms with Crippen molar-refractivity contribution in [1.82, 2.24) is 25.3 Å². The number of ether oxygens (including phenoxy) is 2. The number of alkyl carbamates (subject to hydrolysis) is 1. The first-order valence-electron chi connectivity index (χ1n) is 11.8. The molecule has 0 spiro atoms. The zero-order valence-corrected chi connectivity index (χ0v) is 20.9. The topological polar surface area (TPSA) is 106 Å². The molecule has 1 fully saturated rings. The van der Waals surface area contributed by atoms with E-state index in [-0.39, 0.29) is 0 Å². The molecule has 1 aromatic carbocycles. The van der Waals surface area contributed by atoms with Crippen LogP contribution in [-0.2, 0) is 16.8 Å². The SMILES string of the molecule is COc1ccc2[nH]cc(C3CCN(Cc4nc(C(C)(C)NC(=O)OC(C)(C)C)no4)CC3)c2c1. The summed E-state index contributed by atoms with van der Waals surface area (Å²) in [4.78, 5) is 22.4. The predicted molar refractivity (Wildman–Crippen MR) is 129 cm³/mol. The van der Waals surface area contributed by atoms with Gasteiger partial charge in [-0.25, -0.2) is 4.79 Å². The molecule has 0 unspecified atom stereocenters. The lowest BCUT2D eigenvalue weighted by atomic mass is 9.89. The molecule has 1 aliphatic rings. The molecule has 1 amide bonds. The van der Waals surface area contributed by atoms with Crippen molar-refractivity contribution < 1.29 is 18.8 Å². The van der Waals surface area contributed by atoms with Gasteiger partial charge in [-0.05, 0) is 90.2 Å². The van der Waals surface area contributed by atoms with Gasteiger partial charge in [-0.15, -0.1) is 0 Å². The Morgan fingerprint density at radius 1 is 1.24 bits per heavy atom. The van der Waals surface area contributed by atoms with Gasteiger partial charge in [-0.1, -0.05) is 5.16 Å². The van der Waals surface area contributed by atoms with Crippen LogP contribution in [0.15, 0.2) is 28.9 Å². The fourth-order valence-corrected chi connectivity index (χ4v) is 4.37. The van der Waals surface area contributed by atoms with Gasteiger partial charge in [-0.3, -0.25) is 4.90 Å². The number of hydrogen-bond donors (Lipinski definition) is 2. The Hall–Kier alpha value is -3.07. The number of likely N-dealkylation sites (tertiary alicyclic amines) is 1. The second-order valence-electron chi connectivity index (χ2n) is 10.5. The molecule has 9 nitrogen and oxygen atoms in total. The first-order valence-corrected chi connectivity index (χ1v) is 11.8. The molecule has 2 N–H and O–H groups in total. The Balaban J connectivity index is 1.34. The van der Waals surface area contributed by atoms with E-state index >= 15 is 0 Å². The number of benzene rings is 1. The summed E-state index contributed by atoms with van der Waals surface area (Å²) in [6.45, 7) is 11.6. The van der Waals surface area contributed by atoms with Crippen LogP contribution in [0, 0.1) is 0 Å². The summed E-state index contributed by atoms with van der Waals surface area (Å²) in [7, 11) is 1.70. The van der Waals surface area contributed by atoms with E-state index in [4.69, 9.17) is 14.0 Å². The number of nitrogens with one attached hydrogen (secondary N) is 2. The number of carbonyl (C=O) groups is 1. The third-order valence-corrected chi connectivity index (χ3v) is 6.15. The lowest BCUT2D eigenvalue weighted by Gasteiger charge is -2.30. The van der Waals surface area contributed by atoms with Crippen molar-refractivity contribution in [2.75, 3.05) is 20.2 Å². The standard InChI is InChI=1S/C25H35N5O4/c1-24(2,3)33-23(31)28-25(4,5)22-27-21(34-29-22)15-30-11-9-16(10-12-30)19-14-26-20-8-7-17(32-6)13-18(19)20/h7-8,13-14,16,26H,9-12,15H2,1-6H3,(H,28,31). The smallest absolute Gasteiger partial charge is 0.408 e. The second-order valence-corrected chi connectivity index (χ2v) is 10.5. The molecular weight excluding hydrogens is 434 g/mol. The summed E-state index contributed by atoms with van der Waals surface area (Å²) in [6.07, 6.45) is 3.73. The van der Waals surface area contributed by atoms with Crippen LogP contribution in [-0.4, -0.2) is 51.9 Å². The molecule has 9 heteroatoms. The van der Waals surface area contributed by atoms with Crippen molar-refractivity contribution in [3.63, 3.8) is 0 Å². The number of H-pyrrole nitrogens is 1. The molecule has 3 aromatic rings. The minimum absolute atomic E-state index is 0.427. The second kappa shape index (κ2) is 9.29. The van der Waals surface area contributed by atoms with Crippen molar-refractivity contribution in [2.24, 2.45) is 0 Å². The zero-order valence-electron chi connectivity index (χ0n) is 20.9. The molecule has 1 aliphatic heterocycles. The molecule has 0 bridgehead atoms. The summed E-state index contributed by atoms with van der Waals surface area (Å²) in [5.41, 5.74) is 1.10. The Morgan fingerprint density at radius 2 is 1.97 bits per heavy atom. The first-order chi connectivity index (χ1) is 16.0. The van der Waals surface area contributed by atoms with E-state index in [0.29, 0.717) is 24.2 Å². The number of nitrogens with zero attached hydrogens (tertiary/aromatic N) is 3. The van der Waals surface area contributed by atoms with Crippen molar-refractivity contribution in [3.05, 3.63) is 41.7 Å². The van der Waals surface area contributed by atoms with Gasteiger partial charge in [0.15, 0.2) is 5.82 Å². The minimum atomic E-state index is -0.812. The summed E-state index contributed by atoms with van der Waals surface area (Å²) in [5, 5.41) is 8.16. The van der Waals surface area contributed by atoms with E-state index in [9.17, 15) is 4.79 Å². The molecule has 34 heavy (non-hydrogen) atoms. The van der Waals surface area contributed by atoms with Gasteiger partial charge < -0.3 is 24.3 Å². The zero-order chi connectivity index (χ0) is 24.5. The number of carbonyl (C=O) groups excluding carboxylic acids is 1. The fourth-order valence-electron chi connectivity index (χ4n) is 4.37. The maximum absolute atomic E-state index is 12.2. The normalized spacial score (nSPS) is 16.1. The van der Waals surface area contributed by atoms with Crippen LogP contribution in [0.3, 0.4) is 0 Å². The molecule has 184 valence electrons. The van der Waals surface area contributed by atoms with E-state index < -0.39 is 17.2 Å². The Labute approximate surface area is 200 Å². The number of aromatic nitrogens is 3. The van der Waals surface area contributed by atoms with Gasteiger partial charge >= 0.3 is 6.09 Å². The molecule has 0 saturated carbocycles. The lowest BCUT2D eigenvalue weighted by molar-refractivity contribution is 0.0465. The van der Waals surface area contributed by atoms with Crippen LogP contribution >= 0.6 is 0 Å². The Morgan fingerprint density at radius 3 is 2.65 bits per heavy atom. The third-order valence-electron chi connectivity index (χ3n) is 6.15. The highest BCUT2D eigenvalue weighted by Crippen LogP contribution is 2.35. The molecular formula is C25H35N5O4. The first kappa shape index (κ1) is 24.1. The molecule has 0 atom stereocenters. The highest BCUT2D eigenvalue weighted by atomic mass is 16.6. The van der Waals surface area contributed by atoms with Crippen LogP contribution < -0.4 is 10.1 Å². The number of piperidine rings is 1. The summed E-state index contributed by atoms with van der Waals surface area (Å²) in [5.74, 6) is 2.34. The van der Waals surface area contributed by atoms with Crippen molar-refractivity contribution >= 4 is 17.0 Å². The largest absolute Gasteiger partial charge is 0.497 e. The molecule has 0 radical (unpaired) electrons. The average molecular weight is 470 g/mol. The van der Waals surface area contributed by atoms with E-state index in [0.717, 1.165) is 37.2 Å². The van der Waals surface area contributed by atoms with Gasteiger partial charge in [0.1, 0.15) is 16.9 Å². The number of amides is 1. The highest BCUT2D eigenvalue weighted by molar-refractivity contribution is 5.85. The molecule has 0 aliphatic carbocycles. The van der Waals surface area contributed by atoms with E-state index in [2.05, 4.69) is 43.7 Å². The quantitative estimate of drug-likeness (QED) is 0.539. The van der Waals surface area contributed by atoms with E-state index in [1.165, 1.54) is 10.9 Å². The fraction of sp³-hybridized carbons (Fsp3) is 0.560. The number of aromatic amines is 1. The monoisotopic (exact) mass is 469 g/mol. The maximum Gasteiger partial charge on any atom is 0.408 e. The van der Waals surface area contributed by atoms with Crippen molar-refractivity contribution in [3.8, 4) is 5.75 Å². The number of fused-ring (bicyclic) bond motifs is 1. The van der Waals surface area contributed by atoms with Gasteiger partial charge in [0.05, 0.1) is 13.7 Å². The van der Waals surface area contributed by atoms with E-state index in [1.54, 1.807) is 7.11 Å². The van der Waals surface area contributed by atoms with Gasteiger partial charge in [0.25, 0.3) is 0 Å². The van der Waals surface area contributed by atoms with Gasteiger partial charge in [0.2, 0.25) is 5.89 Å². The number of hydrogen-bond acceptors (Lipinski definition) is 7. The Bertz CT molecular complexity index is 1140. The van der Waals surface area contributed by atoms with Crippen molar-refractivity contribution in [1.29, 1.82) is 0 Å². The highest BCUT2D eigenvalue weighted by Gasteiger charge is 2.31. The van der Waals surface area contributed by atoms with E-state index in [1.807, 2.05) is 40.7 Å². The molecule has 2 aromatic heterocycles. The summed E-state index contributed by atoms with van der Waals surface area (Å²) < 4.78 is 16.3. The van der Waals surface area contributed by atoms with Crippen LogP contribution in [0.4, 0.5) is 4.79 Å². The molecule has 3 heterocycles. The summed E-state index contributed by atoms with van der Waals surface area (Å²) in [6, 6.07) is 6.16. The summed E-state index contributed by atoms with van der Waals surface area (Å²) >= 11 is 0. The lowest BCUT2D eigenvalue weighted by Crippen LogP contribution is -2.44. The van der Waals surface area contributed by atoms with Crippen LogP contribution in [0.5, 0.6) is 5.75 Å². The van der Waals surface area contributed by atoms with Crippen LogP contribution in [0.2, 0.25) is 0 Å². The minimum Gasteiger partial charge on any atom is -0.497 e. The molecule has 1 saturated heterocycles. The Kier molecular flexibility index (Phi) is 6.58. The van der Waals surface area contributed by atoms with Gasteiger partial charge in [0, 0.05) is 17.1 Å². The van der Waals surface area contributed by atoms with Crippen molar-refractivity contribution in [2.45, 2.75) is 71.1 Å². The average Bonchev–Trinajstić information content (AvgIpc) is 3.39. The molecule has 4 rings (SSSR count). The third kappa shape index (κ3) is 5.52. The maximum atomic E-state index is 12.2. The van der Waals surface area contributed by atoms with Crippen LogP contribution in [0.25, 0.3) is 10.9 Å². The number of methoxy groups -OCH3 is 1. The predicted octanol–water partition coefficient (Wildman–Crippen LogP) is 4.70. The number of rotatable bonds is 6.